The summed E-state index contributed by atoms with van der Waals surface area (Å²) in [6.45, 7) is 1.70. The molecule has 1 aliphatic heterocycles. The third kappa shape index (κ3) is 2.30. The van der Waals surface area contributed by atoms with Gasteiger partial charge in [0, 0.05) is 26.6 Å². The van der Waals surface area contributed by atoms with Crippen LogP contribution in [-0.2, 0) is 14.3 Å². The molecule has 0 aromatic rings. The van der Waals surface area contributed by atoms with Gasteiger partial charge in [0.25, 0.3) is 0 Å². The number of Topliss-reactive ketones (excluding diaryl/α,β-unsaturated/α-hetero) is 1. The average molecular weight is 171 g/mol. The maximum Gasteiger partial charge on any atom is 0.230 e. The van der Waals surface area contributed by atoms with Crippen molar-refractivity contribution in [1.29, 1.82) is 0 Å². The highest BCUT2D eigenvalue weighted by molar-refractivity contribution is 6.00. The fraction of sp³-hybridized carbons (Fsp3) is 0.750. The molecule has 1 fully saturated rings. The molecule has 0 aromatic heterocycles. The van der Waals surface area contributed by atoms with Gasteiger partial charge >= 0.3 is 0 Å². The zero-order valence-electron chi connectivity index (χ0n) is 7.21. The van der Waals surface area contributed by atoms with Gasteiger partial charge in [-0.2, -0.15) is 0 Å². The van der Waals surface area contributed by atoms with E-state index in [4.69, 9.17) is 4.74 Å². The van der Waals surface area contributed by atoms with Crippen molar-refractivity contribution in [2.24, 2.45) is 0 Å². The van der Waals surface area contributed by atoms with Gasteiger partial charge in [-0.3, -0.25) is 9.59 Å². The highest BCUT2D eigenvalue weighted by Gasteiger charge is 2.22. The van der Waals surface area contributed by atoms with Gasteiger partial charge in [-0.05, 0) is 0 Å². The third-order valence-corrected chi connectivity index (χ3v) is 1.93. The molecule has 1 amide bonds. The van der Waals surface area contributed by atoms with Crippen molar-refractivity contribution in [3.8, 4) is 0 Å². The zero-order valence-corrected chi connectivity index (χ0v) is 7.21. The van der Waals surface area contributed by atoms with Gasteiger partial charge in [-0.1, -0.05) is 0 Å². The predicted octanol–water partition coefficient (Wildman–Crippen LogP) is -0.176. The summed E-state index contributed by atoms with van der Waals surface area (Å²) in [6, 6.07) is 0. The Morgan fingerprint density at radius 1 is 1.50 bits per heavy atom. The van der Waals surface area contributed by atoms with Crippen LogP contribution in [0, 0.1) is 0 Å². The van der Waals surface area contributed by atoms with Crippen LogP contribution in [0.2, 0.25) is 0 Å². The van der Waals surface area contributed by atoms with Gasteiger partial charge in [-0.25, -0.2) is 0 Å². The van der Waals surface area contributed by atoms with Gasteiger partial charge in [0.15, 0.2) is 0 Å². The lowest BCUT2D eigenvalue weighted by Crippen LogP contribution is -2.40. The van der Waals surface area contributed by atoms with Crippen molar-refractivity contribution in [3.05, 3.63) is 0 Å². The minimum atomic E-state index is -0.0664. The van der Waals surface area contributed by atoms with E-state index in [0.29, 0.717) is 26.1 Å². The first-order valence-corrected chi connectivity index (χ1v) is 4.02. The molecule has 0 spiro atoms. The van der Waals surface area contributed by atoms with E-state index in [1.54, 1.807) is 12.0 Å². The summed E-state index contributed by atoms with van der Waals surface area (Å²) in [5, 5.41) is 0. The number of carbonyl (C=O) groups is 2. The minimum Gasteiger partial charge on any atom is -0.383 e. The van der Waals surface area contributed by atoms with E-state index >= 15 is 0 Å². The second kappa shape index (κ2) is 4.21. The lowest BCUT2D eigenvalue weighted by atomic mass is 10.1. The molecule has 0 N–H and O–H groups in total. The van der Waals surface area contributed by atoms with E-state index < -0.39 is 0 Å². The molecule has 0 aromatic carbocycles. The van der Waals surface area contributed by atoms with Crippen LogP contribution in [0.4, 0.5) is 0 Å². The monoisotopic (exact) mass is 171 g/mol. The normalized spacial score (nSPS) is 18.6. The molecule has 1 aliphatic rings. The van der Waals surface area contributed by atoms with E-state index in [1.807, 2.05) is 0 Å². The molecule has 1 rings (SSSR count). The van der Waals surface area contributed by atoms with Crippen LogP contribution < -0.4 is 0 Å². The number of hydrogen-bond acceptors (Lipinski definition) is 3. The first kappa shape index (κ1) is 9.19. The van der Waals surface area contributed by atoms with E-state index in [0.717, 1.165) is 0 Å². The molecule has 0 aliphatic carbocycles. The highest BCUT2D eigenvalue weighted by Crippen LogP contribution is 2.06. The Morgan fingerprint density at radius 3 is 2.83 bits per heavy atom. The Morgan fingerprint density at radius 2 is 2.25 bits per heavy atom. The van der Waals surface area contributed by atoms with Gasteiger partial charge in [0.05, 0.1) is 13.0 Å². The Hall–Kier alpha value is -0.900. The molecule has 4 nitrogen and oxygen atoms in total. The number of ether oxygens (including phenoxy) is 1. The molecule has 4 heteroatoms. The number of methoxy groups -OCH3 is 1. The summed E-state index contributed by atoms with van der Waals surface area (Å²) in [6.07, 6.45) is 0.569. The second-order valence-electron chi connectivity index (χ2n) is 2.84. The van der Waals surface area contributed by atoms with Crippen molar-refractivity contribution in [2.45, 2.75) is 12.8 Å². The van der Waals surface area contributed by atoms with Crippen LogP contribution in [0.25, 0.3) is 0 Å². The fourth-order valence-corrected chi connectivity index (χ4v) is 1.19. The number of likely N-dealkylation sites (tertiary alicyclic amines) is 1. The number of piperidine rings is 1. The molecule has 0 bridgehead atoms. The first-order chi connectivity index (χ1) is 5.74. The number of rotatable bonds is 3. The summed E-state index contributed by atoms with van der Waals surface area (Å²) >= 11 is 0. The van der Waals surface area contributed by atoms with Crippen LogP contribution in [0.5, 0.6) is 0 Å². The maximum atomic E-state index is 11.2. The third-order valence-electron chi connectivity index (χ3n) is 1.93. The van der Waals surface area contributed by atoms with E-state index in [-0.39, 0.29) is 18.1 Å². The van der Waals surface area contributed by atoms with Crippen molar-refractivity contribution >= 4 is 11.7 Å². The SMILES string of the molecule is COCCN1CCC(=O)CC1=O. The van der Waals surface area contributed by atoms with Gasteiger partial charge in [0.1, 0.15) is 5.78 Å². The van der Waals surface area contributed by atoms with E-state index in [1.165, 1.54) is 0 Å². The van der Waals surface area contributed by atoms with Crippen LogP contribution in [0.3, 0.4) is 0 Å². The Bertz CT molecular complexity index is 191. The standard InChI is InChI=1S/C8H13NO3/c1-12-5-4-9-3-2-7(10)6-8(9)11/h2-6H2,1H3. The Labute approximate surface area is 71.5 Å². The molecule has 0 saturated carbocycles. The quantitative estimate of drug-likeness (QED) is 0.553. The van der Waals surface area contributed by atoms with Crippen molar-refractivity contribution in [1.82, 2.24) is 4.90 Å². The minimum absolute atomic E-state index is 0.0497. The Balaban J connectivity index is 2.35. The first-order valence-electron chi connectivity index (χ1n) is 4.02. The predicted molar refractivity (Wildman–Crippen MR) is 42.7 cm³/mol. The molecule has 68 valence electrons. The van der Waals surface area contributed by atoms with Crippen LogP contribution >= 0.6 is 0 Å². The lowest BCUT2D eigenvalue weighted by molar-refractivity contribution is -0.139. The van der Waals surface area contributed by atoms with E-state index in [9.17, 15) is 9.59 Å². The largest absolute Gasteiger partial charge is 0.383 e. The maximum absolute atomic E-state index is 11.2. The smallest absolute Gasteiger partial charge is 0.230 e. The molecule has 1 heterocycles. The molecule has 0 atom stereocenters. The van der Waals surface area contributed by atoms with Gasteiger partial charge in [-0.15, -0.1) is 0 Å². The zero-order chi connectivity index (χ0) is 8.97. The summed E-state index contributed by atoms with van der Waals surface area (Å²) < 4.78 is 4.84. The van der Waals surface area contributed by atoms with E-state index in [2.05, 4.69) is 0 Å². The van der Waals surface area contributed by atoms with Crippen molar-refractivity contribution in [2.75, 3.05) is 26.8 Å². The molecule has 12 heavy (non-hydrogen) atoms. The van der Waals surface area contributed by atoms with Crippen LogP contribution in [0.15, 0.2) is 0 Å². The molecule has 0 radical (unpaired) electrons. The highest BCUT2D eigenvalue weighted by atomic mass is 16.5. The lowest BCUT2D eigenvalue weighted by Gasteiger charge is -2.25. The Kier molecular flexibility index (Phi) is 3.22. The summed E-state index contributed by atoms with van der Waals surface area (Å²) in [7, 11) is 1.60. The summed E-state index contributed by atoms with van der Waals surface area (Å²) in [5.41, 5.74) is 0. The van der Waals surface area contributed by atoms with Crippen LogP contribution in [0.1, 0.15) is 12.8 Å². The second-order valence-corrected chi connectivity index (χ2v) is 2.84. The van der Waals surface area contributed by atoms with Crippen molar-refractivity contribution in [3.63, 3.8) is 0 Å². The number of ketones is 1. The van der Waals surface area contributed by atoms with Crippen LogP contribution in [-0.4, -0.2) is 43.4 Å². The molecular formula is C8H13NO3. The molecule has 0 unspecified atom stereocenters. The van der Waals surface area contributed by atoms with Crippen molar-refractivity contribution < 1.29 is 14.3 Å². The van der Waals surface area contributed by atoms with Gasteiger partial charge in [0.2, 0.25) is 5.91 Å². The summed E-state index contributed by atoms with van der Waals surface area (Å²) in [5.74, 6) is -0.0167. The number of carbonyl (C=O) groups excluding carboxylic acids is 2. The fourth-order valence-electron chi connectivity index (χ4n) is 1.19. The average Bonchev–Trinajstić information content (AvgIpc) is 2.03. The van der Waals surface area contributed by atoms with Gasteiger partial charge < -0.3 is 9.64 Å². The number of amides is 1. The number of hydrogen-bond donors (Lipinski definition) is 0. The molecule has 1 saturated heterocycles. The topological polar surface area (TPSA) is 46.6 Å². The summed E-state index contributed by atoms with van der Waals surface area (Å²) in [4.78, 5) is 23.6. The number of nitrogens with zero attached hydrogens (tertiary/aromatic N) is 1. The molecular weight excluding hydrogens is 158 g/mol.